The van der Waals surface area contributed by atoms with E-state index in [-0.39, 0.29) is 0 Å². The number of nitrogens with one attached hydrogen (secondary N) is 1. The molecule has 2 aromatic rings. The minimum absolute atomic E-state index is 0.510. The molecule has 1 saturated carbocycles. The Kier molecular flexibility index (Phi) is 5.20. The SMILES string of the molecule is CCN=C(NC1CC1c1ccccc1)N1CCN(Cc2ccon2)CC1. The second kappa shape index (κ2) is 7.91. The van der Waals surface area contributed by atoms with Gasteiger partial charge in [0.15, 0.2) is 5.96 Å². The van der Waals surface area contributed by atoms with Crippen LogP contribution in [0.25, 0.3) is 0 Å². The number of guanidine groups is 1. The Hall–Kier alpha value is -2.34. The highest BCUT2D eigenvalue weighted by atomic mass is 16.5. The molecule has 26 heavy (non-hydrogen) atoms. The van der Waals surface area contributed by atoms with Gasteiger partial charge in [-0.1, -0.05) is 35.5 Å². The molecule has 0 bridgehead atoms. The summed E-state index contributed by atoms with van der Waals surface area (Å²) in [6, 6.07) is 13.2. The summed E-state index contributed by atoms with van der Waals surface area (Å²) in [4.78, 5) is 9.55. The number of aliphatic imine (C=N–C) groups is 1. The van der Waals surface area contributed by atoms with Gasteiger partial charge in [0.1, 0.15) is 6.26 Å². The molecule has 4 rings (SSSR count). The fourth-order valence-electron chi connectivity index (χ4n) is 3.64. The van der Waals surface area contributed by atoms with E-state index in [1.54, 1.807) is 6.26 Å². The normalized spacial score (nSPS) is 23.9. The van der Waals surface area contributed by atoms with E-state index < -0.39 is 0 Å². The van der Waals surface area contributed by atoms with Crippen molar-refractivity contribution in [1.82, 2.24) is 20.3 Å². The van der Waals surface area contributed by atoms with Crippen LogP contribution in [0.3, 0.4) is 0 Å². The van der Waals surface area contributed by atoms with Crippen LogP contribution in [0.5, 0.6) is 0 Å². The monoisotopic (exact) mass is 353 g/mol. The first kappa shape index (κ1) is 17.1. The van der Waals surface area contributed by atoms with Crippen molar-refractivity contribution in [2.75, 3.05) is 32.7 Å². The highest BCUT2D eigenvalue weighted by Gasteiger charge is 2.39. The number of aromatic nitrogens is 1. The van der Waals surface area contributed by atoms with Crippen molar-refractivity contribution in [2.24, 2.45) is 4.99 Å². The van der Waals surface area contributed by atoms with E-state index in [2.05, 4.69) is 57.5 Å². The van der Waals surface area contributed by atoms with Crippen molar-refractivity contribution in [2.45, 2.75) is 31.8 Å². The van der Waals surface area contributed by atoms with Gasteiger partial charge in [0.25, 0.3) is 0 Å². The average molecular weight is 353 g/mol. The van der Waals surface area contributed by atoms with E-state index in [4.69, 9.17) is 9.52 Å². The fraction of sp³-hybridized carbons (Fsp3) is 0.500. The lowest BCUT2D eigenvalue weighted by molar-refractivity contribution is 0.169. The van der Waals surface area contributed by atoms with E-state index in [0.29, 0.717) is 12.0 Å². The van der Waals surface area contributed by atoms with Crippen LogP contribution in [-0.4, -0.2) is 59.7 Å². The molecule has 1 saturated heterocycles. The van der Waals surface area contributed by atoms with E-state index in [9.17, 15) is 0 Å². The third kappa shape index (κ3) is 4.07. The first-order valence-corrected chi connectivity index (χ1v) is 9.56. The van der Waals surface area contributed by atoms with Crippen molar-refractivity contribution < 1.29 is 4.52 Å². The van der Waals surface area contributed by atoms with E-state index >= 15 is 0 Å². The summed E-state index contributed by atoms with van der Waals surface area (Å²) in [6.07, 6.45) is 2.83. The van der Waals surface area contributed by atoms with Crippen LogP contribution in [0.4, 0.5) is 0 Å². The van der Waals surface area contributed by atoms with Gasteiger partial charge in [-0.15, -0.1) is 0 Å². The highest BCUT2D eigenvalue weighted by molar-refractivity contribution is 5.81. The summed E-state index contributed by atoms with van der Waals surface area (Å²) < 4.78 is 4.93. The second-order valence-corrected chi connectivity index (χ2v) is 7.06. The predicted octanol–water partition coefficient (Wildman–Crippen LogP) is 2.31. The maximum absolute atomic E-state index is 4.93. The Morgan fingerprint density at radius 3 is 2.69 bits per heavy atom. The largest absolute Gasteiger partial charge is 0.364 e. The zero-order chi connectivity index (χ0) is 17.8. The summed E-state index contributed by atoms with van der Waals surface area (Å²) in [7, 11) is 0. The number of piperazine rings is 1. The molecule has 6 heteroatoms. The molecule has 0 spiro atoms. The number of nitrogens with zero attached hydrogens (tertiary/aromatic N) is 4. The van der Waals surface area contributed by atoms with Crippen molar-refractivity contribution in [1.29, 1.82) is 0 Å². The number of hydrogen-bond acceptors (Lipinski definition) is 4. The molecule has 0 radical (unpaired) electrons. The average Bonchev–Trinajstić information content (AvgIpc) is 3.26. The standard InChI is InChI=1S/C20H27N5O/c1-2-21-20(22-19-14-18(19)16-6-4-3-5-7-16)25-11-9-24(10-12-25)15-17-8-13-26-23-17/h3-8,13,18-19H,2,9-12,14-15H2,1H3,(H,21,22). The Morgan fingerprint density at radius 2 is 2.00 bits per heavy atom. The molecule has 1 aromatic carbocycles. The van der Waals surface area contributed by atoms with Gasteiger partial charge < -0.3 is 14.7 Å². The molecule has 2 aliphatic rings. The molecular formula is C20H27N5O. The summed E-state index contributed by atoms with van der Waals surface area (Å²) in [5.41, 5.74) is 2.43. The third-order valence-corrected chi connectivity index (χ3v) is 5.19. The number of hydrogen-bond donors (Lipinski definition) is 1. The molecule has 138 valence electrons. The van der Waals surface area contributed by atoms with Crippen LogP contribution in [0.2, 0.25) is 0 Å². The van der Waals surface area contributed by atoms with Gasteiger partial charge in [-0.25, -0.2) is 0 Å². The van der Waals surface area contributed by atoms with Crippen molar-refractivity contribution in [3.63, 3.8) is 0 Å². The molecular weight excluding hydrogens is 326 g/mol. The van der Waals surface area contributed by atoms with Crippen molar-refractivity contribution in [3.05, 3.63) is 53.9 Å². The van der Waals surface area contributed by atoms with Crippen molar-refractivity contribution >= 4 is 5.96 Å². The maximum atomic E-state index is 4.93. The first-order valence-electron chi connectivity index (χ1n) is 9.56. The molecule has 6 nitrogen and oxygen atoms in total. The summed E-state index contributed by atoms with van der Waals surface area (Å²) in [5, 5.41) is 7.71. The molecule has 2 atom stereocenters. The van der Waals surface area contributed by atoms with Crippen LogP contribution in [0.1, 0.15) is 30.5 Å². The second-order valence-electron chi connectivity index (χ2n) is 7.06. The molecule has 1 aromatic heterocycles. The van der Waals surface area contributed by atoms with Gasteiger partial charge in [0.05, 0.1) is 5.69 Å². The lowest BCUT2D eigenvalue weighted by atomic mass is 10.1. The fourth-order valence-corrected chi connectivity index (χ4v) is 3.64. The molecule has 1 N–H and O–H groups in total. The van der Waals surface area contributed by atoms with Gasteiger partial charge in [-0.2, -0.15) is 0 Å². The van der Waals surface area contributed by atoms with Gasteiger partial charge in [0, 0.05) is 57.3 Å². The van der Waals surface area contributed by atoms with E-state index in [0.717, 1.165) is 50.9 Å². The molecule has 1 aliphatic carbocycles. The highest BCUT2D eigenvalue weighted by Crippen LogP contribution is 2.40. The number of rotatable bonds is 5. The zero-order valence-corrected chi connectivity index (χ0v) is 15.3. The minimum atomic E-state index is 0.510. The maximum Gasteiger partial charge on any atom is 0.194 e. The van der Waals surface area contributed by atoms with Gasteiger partial charge in [0.2, 0.25) is 0 Å². The predicted molar refractivity (Wildman–Crippen MR) is 102 cm³/mol. The lowest BCUT2D eigenvalue weighted by Crippen LogP contribution is -2.52. The minimum Gasteiger partial charge on any atom is -0.364 e. The van der Waals surface area contributed by atoms with Gasteiger partial charge >= 0.3 is 0 Å². The lowest BCUT2D eigenvalue weighted by Gasteiger charge is -2.36. The molecule has 2 heterocycles. The molecule has 2 fully saturated rings. The summed E-state index contributed by atoms with van der Waals surface area (Å²) in [5.74, 6) is 1.68. The Labute approximate surface area is 154 Å². The summed E-state index contributed by atoms with van der Waals surface area (Å²) in [6.45, 7) is 7.79. The third-order valence-electron chi connectivity index (χ3n) is 5.19. The van der Waals surface area contributed by atoms with Crippen LogP contribution in [0.15, 0.2) is 52.2 Å². The Bertz CT molecular complexity index is 707. The summed E-state index contributed by atoms with van der Waals surface area (Å²) >= 11 is 0. The molecule has 0 amide bonds. The van der Waals surface area contributed by atoms with Crippen LogP contribution in [0, 0.1) is 0 Å². The number of benzene rings is 1. The van der Waals surface area contributed by atoms with Crippen LogP contribution in [-0.2, 0) is 6.54 Å². The smallest absolute Gasteiger partial charge is 0.194 e. The van der Waals surface area contributed by atoms with E-state index in [1.165, 1.54) is 12.0 Å². The molecule has 2 unspecified atom stereocenters. The topological polar surface area (TPSA) is 56.9 Å². The van der Waals surface area contributed by atoms with Crippen molar-refractivity contribution in [3.8, 4) is 0 Å². The van der Waals surface area contributed by atoms with E-state index in [1.807, 2.05) is 6.07 Å². The van der Waals surface area contributed by atoms with Gasteiger partial charge in [-0.05, 0) is 18.9 Å². The molecule has 1 aliphatic heterocycles. The Morgan fingerprint density at radius 1 is 1.19 bits per heavy atom. The van der Waals surface area contributed by atoms with Gasteiger partial charge in [-0.3, -0.25) is 9.89 Å². The quantitative estimate of drug-likeness (QED) is 0.660. The van der Waals surface area contributed by atoms with Crippen LogP contribution >= 0.6 is 0 Å². The Balaban J connectivity index is 1.30. The first-order chi connectivity index (χ1) is 12.8. The zero-order valence-electron chi connectivity index (χ0n) is 15.3. The van der Waals surface area contributed by atoms with Crippen LogP contribution < -0.4 is 5.32 Å².